The first kappa shape index (κ1) is 15.7. The van der Waals surface area contributed by atoms with E-state index in [9.17, 15) is 9.18 Å². The maximum absolute atomic E-state index is 13.4. The summed E-state index contributed by atoms with van der Waals surface area (Å²) in [6.45, 7) is 2.83. The molecule has 2 rings (SSSR count). The lowest BCUT2D eigenvalue weighted by Gasteiger charge is -2.25. The second kappa shape index (κ2) is 7.95. The van der Waals surface area contributed by atoms with Crippen LogP contribution < -0.4 is 10.1 Å². The highest BCUT2D eigenvalue weighted by atomic mass is 19.1. The maximum Gasteiger partial charge on any atom is 0.225 e. The molecule has 1 aliphatic rings. The van der Waals surface area contributed by atoms with Crippen LogP contribution in [-0.4, -0.2) is 56.8 Å². The van der Waals surface area contributed by atoms with E-state index in [2.05, 4.69) is 5.32 Å². The van der Waals surface area contributed by atoms with E-state index in [0.29, 0.717) is 26.1 Å². The number of nitrogens with one attached hydrogen (secondary N) is 1. The zero-order valence-electron chi connectivity index (χ0n) is 12.2. The van der Waals surface area contributed by atoms with Gasteiger partial charge in [0.15, 0.2) is 11.6 Å². The molecule has 1 atom stereocenters. The Morgan fingerprint density at radius 1 is 1.52 bits per heavy atom. The van der Waals surface area contributed by atoms with E-state index in [4.69, 9.17) is 9.47 Å². The van der Waals surface area contributed by atoms with Crippen molar-refractivity contribution in [1.82, 2.24) is 10.2 Å². The number of carbonyl (C=O) groups is 1. The number of amides is 1. The fourth-order valence-corrected chi connectivity index (χ4v) is 2.08. The van der Waals surface area contributed by atoms with Gasteiger partial charge in [0.25, 0.3) is 0 Å². The number of likely N-dealkylation sites (N-methyl/N-ethyl adjacent to an activating group) is 1. The van der Waals surface area contributed by atoms with Gasteiger partial charge in [0.2, 0.25) is 5.91 Å². The van der Waals surface area contributed by atoms with Crippen LogP contribution in [0.3, 0.4) is 0 Å². The number of halogens is 1. The number of para-hydroxylation sites is 1. The molecule has 0 aliphatic carbocycles. The molecule has 0 bridgehead atoms. The molecule has 21 heavy (non-hydrogen) atoms. The molecular formula is C15H21FN2O3. The molecule has 1 saturated heterocycles. The van der Waals surface area contributed by atoms with Crippen LogP contribution in [0.2, 0.25) is 0 Å². The van der Waals surface area contributed by atoms with Gasteiger partial charge >= 0.3 is 0 Å². The average molecular weight is 296 g/mol. The smallest absolute Gasteiger partial charge is 0.225 e. The Labute approximate surface area is 124 Å². The van der Waals surface area contributed by atoms with Crippen LogP contribution in [0.1, 0.15) is 6.42 Å². The van der Waals surface area contributed by atoms with E-state index >= 15 is 0 Å². The Bertz CT molecular complexity index is 464. The Kier molecular flexibility index (Phi) is 5.95. The summed E-state index contributed by atoms with van der Waals surface area (Å²) >= 11 is 0. The minimum absolute atomic E-state index is 0.000772. The first-order valence-electron chi connectivity index (χ1n) is 7.10. The number of ether oxygens (including phenoxy) is 2. The number of carbonyl (C=O) groups excluding carboxylic acids is 1. The molecule has 0 radical (unpaired) electrons. The Hall–Kier alpha value is -1.66. The summed E-state index contributed by atoms with van der Waals surface area (Å²) in [4.78, 5) is 13.6. The standard InChI is InChI=1S/C15H21FN2O3/c1-18(15(19)10-12-11-17-6-8-20-12)7-9-21-14-5-3-2-4-13(14)16/h2-5,12,17H,6-11H2,1H3. The molecule has 1 aromatic carbocycles. The van der Waals surface area contributed by atoms with Crippen molar-refractivity contribution in [3.05, 3.63) is 30.1 Å². The van der Waals surface area contributed by atoms with E-state index in [0.717, 1.165) is 6.54 Å². The van der Waals surface area contributed by atoms with Crippen LogP contribution >= 0.6 is 0 Å². The molecule has 1 fully saturated rings. The predicted octanol–water partition coefficient (Wildman–Crippen LogP) is 1.04. The number of hydrogen-bond acceptors (Lipinski definition) is 4. The molecule has 0 aromatic heterocycles. The lowest BCUT2D eigenvalue weighted by Crippen LogP contribution is -2.42. The van der Waals surface area contributed by atoms with Gasteiger partial charge in [0, 0.05) is 20.1 Å². The van der Waals surface area contributed by atoms with E-state index in [1.54, 1.807) is 30.1 Å². The minimum Gasteiger partial charge on any atom is -0.489 e. The molecule has 116 valence electrons. The third-order valence-corrected chi connectivity index (χ3v) is 3.35. The first-order valence-corrected chi connectivity index (χ1v) is 7.10. The predicted molar refractivity (Wildman–Crippen MR) is 76.8 cm³/mol. The van der Waals surface area contributed by atoms with Crippen molar-refractivity contribution in [3.8, 4) is 5.75 Å². The average Bonchev–Trinajstić information content (AvgIpc) is 2.50. The molecule has 1 aliphatic heterocycles. The molecule has 0 saturated carbocycles. The quantitative estimate of drug-likeness (QED) is 0.852. The zero-order chi connectivity index (χ0) is 15.1. The van der Waals surface area contributed by atoms with Gasteiger partial charge in [-0.1, -0.05) is 12.1 Å². The summed E-state index contributed by atoms with van der Waals surface area (Å²) in [5, 5.41) is 3.19. The van der Waals surface area contributed by atoms with Gasteiger partial charge in [-0.05, 0) is 12.1 Å². The molecule has 0 spiro atoms. The lowest BCUT2D eigenvalue weighted by molar-refractivity contribution is -0.133. The molecule has 1 unspecified atom stereocenters. The summed E-state index contributed by atoms with van der Waals surface area (Å²) in [5.74, 6) is -0.188. The van der Waals surface area contributed by atoms with Crippen molar-refractivity contribution < 1.29 is 18.7 Å². The summed E-state index contributed by atoms with van der Waals surface area (Å²) < 4.78 is 24.2. The van der Waals surface area contributed by atoms with Gasteiger partial charge in [-0.2, -0.15) is 0 Å². The first-order chi connectivity index (χ1) is 10.2. The van der Waals surface area contributed by atoms with Crippen molar-refractivity contribution in [2.45, 2.75) is 12.5 Å². The fraction of sp³-hybridized carbons (Fsp3) is 0.533. The van der Waals surface area contributed by atoms with Crippen molar-refractivity contribution in [2.24, 2.45) is 0 Å². The highest BCUT2D eigenvalue weighted by molar-refractivity contribution is 5.76. The van der Waals surface area contributed by atoms with E-state index in [1.165, 1.54) is 6.07 Å². The van der Waals surface area contributed by atoms with Crippen LogP contribution in [-0.2, 0) is 9.53 Å². The normalized spacial score (nSPS) is 18.3. The zero-order valence-corrected chi connectivity index (χ0v) is 12.2. The van der Waals surface area contributed by atoms with Crippen LogP contribution in [0.5, 0.6) is 5.75 Å². The minimum atomic E-state index is -0.395. The SMILES string of the molecule is CN(CCOc1ccccc1F)C(=O)CC1CNCCO1. The summed E-state index contributed by atoms with van der Waals surface area (Å²) in [6.07, 6.45) is 0.282. The largest absolute Gasteiger partial charge is 0.489 e. The molecule has 1 amide bonds. The van der Waals surface area contributed by atoms with Gasteiger partial charge in [0.1, 0.15) is 6.61 Å². The van der Waals surface area contributed by atoms with Gasteiger partial charge in [-0.3, -0.25) is 4.79 Å². The monoisotopic (exact) mass is 296 g/mol. The van der Waals surface area contributed by atoms with Gasteiger partial charge in [-0.15, -0.1) is 0 Å². The van der Waals surface area contributed by atoms with Crippen LogP contribution in [0, 0.1) is 5.82 Å². The Balaban J connectivity index is 1.70. The number of benzene rings is 1. The molecule has 1 N–H and O–H groups in total. The molecule has 6 heteroatoms. The highest BCUT2D eigenvalue weighted by Crippen LogP contribution is 2.15. The van der Waals surface area contributed by atoms with E-state index < -0.39 is 5.82 Å². The van der Waals surface area contributed by atoms with Crippen LogP contribution in [0.4, 0.5) is 4.39 Å². The fourth-order valence-electron chi connectivity index (χ4n) is 2.08. The topological polar surface area (TPSA) is 50.8 Å². The van der Waals surface area contributed by atoms with Gasteiger partial charge in [0.05, 0.1) is 25.7 Å². The second-order valence-electron chi connectivity index (χ2n) is 5.00. The van der Waals surface area contributed by atoms with Crippen molar-refractivity contribution in [3.63, 3.8) is 0 Å². The van der Waals surface area contributed by atoms with E-state index in [1.807, 2.05) is 0 Å². The second-order valence-corrected chi connectivity index (χ2v) is 5.00. The van der Waals surface area contributed by atoms with Gasteiger partial charge in [-0.25, -0.2) is 4.39 Å². The molecule has 5 nitrogen and oxygen atoms in total. The molecule has 1 heterocycles. The third-order valence-electron chi connectivity index (χ3n) is 3.35. The van der Waals surface area contributed by atoms with Crippen molar-refractivity contribution >= 4 is 5.91 Å². The van der Waals surface area contributed by atoms with Gasteiger partial charge < -0.3 is 19.7 Å². The lowest BCUT2D eigenvalue weighted by atomic mass is 10.2. The number of morpholine rings is 1. The Morgan fingerprint density at radius 3 is 3.05 bits per heavy atom. The third kappa shape index (κ3) is 4.99. The highest BCUT2D eigenvalue weighted by Gasteiger charge is 2.19. The number of hydrogen-bond donors (Lipinski definition) is 1. The summed E-state index contributed by atoms with van der Waals surface area (Å²) in [6, 6.07) is 6.23. The summed E-state index contributed by atoms with van der Waals surface area (Å²) in [5.41, 5.74) is 0. The number of rotatable bonds is 6. The summed E-state index contributed by atoms with van der Waals surface area (Å²) in [7, 11) is 1.71. The van der Waals surface area contributed by atoms with Crippen molar-refractivity contribution in [1.29, 1.82) is 0 Å². The number of nitrogens with zero attached hydrogens (tertiary/aromatic N) is 1. The molecular weight excluding hydrogens is 275 g/mol. The van der Waals surface area contributed by atoms with Crippen LogP contribution in [0.25, 0.3) is 0 Å². The van der Waals surface area contributed by atoms with Crippen LogP contribution in [0.15, 0.2) is 24.3 Å². The Morgan fingerprint density at radius 2 is 2.33 bits per heavy atom. The van der Waals surface area contributed by atoms with E-state index in [-0.39, 0.29) is 24.4 Å². The molecule has 1 aromatic rings. The van der Waals surface area contributed by atoms with Crippen molar-refractivity contribution in [2.75, 3.05) is 39.9 Å². The maximum atomic E-state index is 13.4.